The third-order valence-corrected chi connectivity index (χ3v) is 3.34. The lowest BCUT2D eigenvalue weighted by atomic mass is 9.97. The maximum absolute atomic E-state index is 11.9. The first-order valence-electron chi connectivity index (χ1n) is 6.51. The van der Waals surface area contributed by atoms with Crippen LogP contribution in [0.25, 0.3) is 0 Å². The van der Waals surface area contributed by atoms with Crippen LogP contribution in [0.5, 0.6) is 0 Å². The molecule has 1 atom stereocenters. The molecule has 1 saturated heterocycles. The Balaban J connectivity index is 2.05. The molecule has 3 amide bonds. The first-order valence-corrected chi connectivity index (χ1v) is 6.51. The van der Waals surface area contributed by atoms with Gasteiger partial charge in [0.15, 0.2) is 0 Å². The summed E-state index contributed by atoms with van der Waals surface area (Å²) in [4.78, 5) is 46.2. The number of nitrogens with zero attached hydrogens (tertiary/aromatic N) is 1. The zero-order valence-corrected chi connectivity index (χ0v) is 11.8. The molecule has 7 heteroatoms. The predicted molar refractivity (Wildman–Crippen MR) is 77.0 cm³/mol. The molecule has 0 aliphatic carbocycles. The van der Waals surface area contributed by atoms with E-state index < -0.39 is 17.8 Å². The van der Waals surface area contributed by atoms with E-state index in [1.165, 1.54) is 7.05 Å². The van der Waals surface area contributed by atoms with Gasteiger partial charge in [0.05, 0.1) is 5.92 Å². The van der Waals surface area contributed by atoms with Gasteiger partial charge in [-0.3, -0.25) is 19.3 Å². The van der Waals surface area contributed by atoms with Crippen LogP contribution in [0.15, 0.2) is 36.4 Å². The average Bonchev–Trinajstić information content (AvgIpc) is 2.74. The van der Waals surface area contributed by atoms with E-state index in [-0.39, 0.29) is 18.2 Å². The molecular formula is C15H14N2O5. The Morgan fingerprint density at radius 3 is 2.36 bits per heavy atom. The third-order valence-electron chi connectivity index (χ3n) is 3.34. The summed E-state index contributed by atoms with van der Waals surface area (Å²) in [5.41, 5.74) is 1.16. The Kier molecular flexibility index (Phi) is 4.36. The molecule has 1 aromatic rings. The minimum atomic E-state index is -1.21. The highest BCUT2D eigenvalue weighted by Crippen LogP contribution is 2.29. The molecule has 1 heterocycles. The fourth-order valence-electron chi connectivity index (χ4n) is 2.15. The number of imide groups is 1. The Bertz CT molecular complexity index is 663. The number of nitrogens with one attached hydrogen (secondary N) is 1. The molecule has 0 spiro atoms. The second kappa shape index (κ2) is 6.21. The van der Waals surface area contributed by atoms with Crippen LogP contribution in [0.1, 0.15) is 17.9 Å². The van der Waals surface area contributed by atoms with Crippen LogP contribution in [0.2, 0.25) is 0 Å². The Morgan fingerprint density at radius 1 is 1.23 bits per heavy atom. The van der Waals surface area contributed by atoms with Crippen molar-refractivity contribution >= 4 is 29.4 Å². The summed E-state index contributed by atoms with van der Waals surface area (Å²) >= 11 is 0. The van der Waals surface area contributed by atoms with E-state index >= 15 is 0 Å². The standard InChI is InChI=1S/C15H14N2O5/c1-17-13(19)8-11(15(17)22)9-2-4-10(5-3-9)16-12(18)6-7-14(20)21/h2-7,11H,8H2,1H3,(H,16,18)(H,20,21)/b7-6-. The molecule has 0 aromatic heterocycles. The minimum absolute atomic E-state index is 0.141. The lowest BCUT2D eigenvalue weighted by Gasteiger charge is -2.10. The number of aliphatic carboxylic acids is 1. The average molecular weight is 302 g/mol. The Labute approximate surface area is 126 Å². The maximum atomic E-state index is 11.9. The molecule has 2 rings (SSSR count). The van der Waals surface area contributed by atoms with E-state index in [0.29, 0.717) is 11.3 Å². The van der Waals surface area contributed by atoms with Gasteiger partial charge in [0.2, 0.25) is 17.7 Å². The number of carbonyl (C=O) groups is 4. The van der Waals surface area contributed by atoms with Crippen molar-refractivity contribution in [3.63, 3.8) is 0 Å². The summed E-state index contributed by atoms with van der Waals surface area (Å²) in [5, 5.41) is 10.9. The molecule has 0 radical (unpaired) electrons. The van der Waals surface area contributed by atoms with Gasteiger partial charge in [0, 0.05) is 31.3 Å². The lowest BCUT2D eigenvalue weighted by Crippen LogP contribution is -2.25. The van der Waals surface area contributed by atoms with Gasteiger partial charge in [-0.25, -0.2) is 4.79 Å². The van der Waals surface area contributed by atoms with E-state index in [1.807, 2.05) is 0 Å². The van der Waals surface area contributed by atoms with Gasteiger partial charge in [0.25, 0.3) is 0 Å². The zero-order chi connectivity index (χ0) is 16.3. The number of benzene rings is 1. The highest BCUT2D eigenvalue weighted by atomic mass is 16.4. The van der Waals surface area contributed by atoms with Crippen LogP contribution in [0.3, 0.4) is 0 Å². The number of hydrogen-bond donors (Lipinski definition) is 2. The van der Waals surface area contributed by atoms with E-state index in [9.17, 15) is 19.2 Å². The van der Waals surface area contributed by atoms with Crippen LogP contribution in [-0.4, -0.2) is 40.7 Å². The van der Waals surface area contributed by atoms with E-state index in [2.05, 4.69) is 5.32 Å². The number of rotatable bonds is 4. The van der Waals surface area contributed by atoms with Crippen LogP contribution in [0, 0.1) is 0 Å². The maximum Gasteiger partial charge on any atom is 0.328 e. The first kappa shape index (κ1) is 15.4. The van der Waals surface area contributed by atoms with Crippen molar-refractivity contribution < 1.29 is 24.3 Å². The number of amides is 3. The molecular weight excluding hydrogens is 288 g/mol. The molecule has 1 unspecified atom stereocenters. The summed E-state index contributed by atoms with van der Waals surface area (Å²) in [5.74, 6) is -2.73. The van der Waals surface area contributed by atoms with Crippen molar-refractivity contribution in [2.24, 2.45) is 0 Å². The van der Waals surface area contributed by atoms with E-state index in [4.69, 9.17) is 5.11 Å². The molecule has 114 valence electrons. The number of likely N-dealkylation sites (tertiary alicyclic amines) is 1. The van der Waals surface area contributed by atoms with Gasteiger partial charge in [-0.2, -0.15) is 0 Å². The van der Waals surface area contributed by atoms with Gasteiger partial charge in [-0.15, -0.1) is 0 Å². The fourth-order valence-corrected chi connectivity index (χ4v) is 2.15. The molecule has 7 nitrogen and oxygen atoms in total. The normalized spacial score (nSPS) is 18.0. The number of carboxylic acids is 1. The molecule has 0 bridgehead atoms. The molecule has 1 aliphatic rings. The van der Waals surface area contributed by atoms with Crippen molar-refractivity contribution in [1.82, 2.24) is 4.90 Å². The van der Waals surface area contributed by atoms with Gasteiger partial charge in [0.1, 0.15) is 0 Å². The summed E-state index contributed by atoms with van der Waals surface area (Å²) in [6.07, 6.45) is 1.79. The number of anilines is 1. The van der Waals surface area contributed by atoms with Gasteiger partial charge < -0.3 is 10.4 Å². The minimum Gasteiger partial charge on any atom is -0.478 e. The summed E-state index contributed by atoms with van der Waals surface area (Å²) < 4.78 is 0. The SMILES string of the molecule is CN1C(=O)CC(c2ccc(NC(=O)/C=C\C(=O)O)cc2)C1=O. The van der Waals surface area contributed by atoms with Crippen molar-refractivity contribution in [2.75, 3.05) is 12.4 Å². The number of hydrogen-bond acceptors (Lipinski definition) is 4. The van der Waals surface area contributed by atoms with Gasteiger partial charge >= 0.3 is 5.97 Å². The highest BCUT2D eigenvalue weighted by molar-refractivity contribution is 6.06. The monoisotopic (exact) mass is 302 g/mol. The zero-order valence-electron chi connectivity index (χ0n) is 11.8. The number of likely N-dealkylation sites (N-methyl/N-ethyl adjacent to an activating group) is 1. The lowest BCUT2D eigenvalue weighted by molar-refractivity contribution is -0.137. The van der Waals surface area contributed by atoms with Crippen LogP contribution in [0.4, 0.5) is 5.69 Å². The highest BCUT2D eigenvalue weighted by Gasteiger charge is 2.36. The largest absolute Gasteiger partial charge is 0.478 e. The van der Waals surface area contributed by atoms with Crippen molar-refractivity contribution in [2.45, 2.75) is 12.3 Å². The second-order valence-corrected chi connectivity index (χ2v) is 4.83. The van der Waals surface area contributed by atoms with Gasteiger partial charge in [-0.1, -0.05) is 12.1 Å². The molecule has 1 aliphatic heterocycles. The summed E-state index contributed by atoms with van der Waals surface area (Å²) in [7, 11) is 1.45. The topological polar surface area (TPSA) is 104 Å². The second-order valence-electron chi connectivity index (χ2n) is 4.83. The number of carbonyl (C=O) groups excluding carboxylic acids is 3. The number of carboxylic acid groups (broad SMARTS) is 1. The Morgan fingerprint density at radius 2 is 1.86 bits per heavy atom. The predicted octanol–water partition coefficient (Wildman–Crippen LogP) is 0.738. The quantitative estimate of drug-likeness (QED) is 0.630. The van der Waals surface area contributed by atoms with Crippen LogP contribution < -0.4 is 5.32 Å². The summed E-state index contributed by atoms with van der Waals surface area (Å²) in [6, 6.07) is 6.51. The Hall–Kier alpha value is -2.96. The molecule has 0 saturated carbocycles. The van der Waals surface area contributed by atoms with Crippen molar-refractivity contribution in [3.8, 4) is 0 Å². The fraction of sp³-hybridized carbons (Fsp3) is 0.200. The van der Waals surface area contributed by atoms with E-state index in [1.54, 1.807) is 24.3 Å². The molecule has 2 N–H and O–H groups in total. The van der Waals surface area contributed by atoms with Crippen LogP contribution in [-0.2, 0) is 19.2 Å². The summed E-state index contributed by atoms with van der Waals surface area (Å²) in [6.45, 7) is 0. The third kappa shape index (κ3) is 3.38. The van der Waals surface area contributed by atoms with Gasteiger partial charge in [-0.05, 0) is 17.7 Å². The smallest absolute Gasteiger partial charge is 0.328 e. The first-order chi connectivity index (χ1) is 10.4. The van der Waals surface area contributed by atoms with Crippen LogP contribution >= 0.6 is 0 Å². The molecule has 22 heavy (non-hydrogen) atoms. The van der Waals surface area contributed by atoms with Crippen molar-refractivity contribution in [1.29, 1.82) is 0 Å². The molecule has 1 fully saturated rings. The van der Waals surface area contributed by atoms with E-state index in [0.717, 1.165) is 17.1 Å². The molecule has 1 aromatic carbocycles. The van der Waals surface area contributed by atoms with Crippen molar-refractivity contribution in [3.05, 3.63) is 42.0 Å².